The lowest BCUT2D eigenvalue weighted by Crippen LogP contribution is -2.24. The lowest BCUT2D eigenvalue weighted by molar-refractivity contribution is 0.191. The SMILES string of the molecule is COc1c(C)cccc1CNCC(C)O. The zero-order chi connectivity index (χ0) is 11.3. The molecule has 0 saturated carbocycles. The first-order valence-corrected chi connectivity index (χ1v) is 5.16. The maximum Gasteiger partial charge on any atom is 0.126 e. The number of aryl methyl sites for hydroxylation is 1. The van der Waals surface area contributed by atoms with E-state index in [0.29, 0.717) is 6.54 Å². The van der Waals surface area contributed by atoms with Crippen LogP contribution in [0.15, 0.2) is 18.2 Å². The van der Waals surface area contributed by atoms with Crippen LogP contribution in [0.3, 0.4) is 0 Å². The standard InChI is InChI=1S/C12H19NO2/c1-9-5-4-6-11(12(9)15-3)8-13-7-10(2)14/h4-6,10,13-14H,7-8H2,1-3H3. The van der Waals surface area contributed by atoms with Gasteiger partial charge in [-0.15, -0.1) is 0 Å². The van der Waals surface area contributed by atoms with E-state index in [2.05, 4.69) is 5.32 Å². The van der Waals surface area contributed by atoms with Crippen molar-refractivity contribution in [2.45, 2.75) is 26.5 Å². The molecule has 0 saturated heterocycles. The van der Waals surface area contributed by atoms with E-state index in [-0.39, 0.29) is 6.10 Å². The molecule has 0 radical (unpaired) electrons. The summed E-state index contributed by atoms with van der Waals surface area (Å²) in [5, 5.41) is 12.3. The number of aliphatic hydroxyl groups excluding tert-OH is 1. The van der Waals surface area contributed by atoms with E-state index in [1.807, 2.05) is 25.1 Å². The second kappa shape index (κ2) is 5.73. The summed E-state index contributed by atoms with van der Waals surface area (Å²) >= 11 is 0. The highest BCUT2D eigenvalue weighted by molar-refractivity contribution is 5.40. The molecule has 0 aliphatic carbocycles. The molecule has 15 heavy (non-hydrogen) atoms. The van der Waals surface area contributed by atoms with E-state index < -0.39 is 0 Å². The van der Waals surface area contributed by atoms with Gasteiger partial charge in [0, 0.05) is 18.7 Å². The molecular weight excluding hydrogens is 190 g/mol. The predicted octanol–water partition coefficient (Wildman–Crippen LogP) is 1.47. The van der Waals surface area contributed by atoms with Crippen LogP contribution in [0, 0.1) is 6.92 Å². The van der Waals surface area contributed by atoms with Crippen LogP contribution in [0.1, 0.15) is 18.1 Å². The Hall–Kier alpha value is -1.06. The van der Waals surface area contributed by atoms with Crippen LogP contribution in [0.4, 0.5) is 0 Å². The number of rotatable bonds is 5. The molecule has 2 N–H and O–H groups in total. The first-order valence-electron chi connectivity index (χ1n) is 5.16. The molecule has 1 unspecified atom stereocenters. The van der Waals surface area contributed by atoms with Crippen molar-refractivity contribution in [3.8, 4) is 5.75 Å². The van der Waals surface area contributed by atoms with Gasteiger partial charge in [0.1, 0.15) is 5.75 Å². The highest BCUT2D eigenvalue weighted by atomic mass is 16.5. The number of ether oxygens (including phenoxy) is 1. The minimum absolute atomic E-state index is 0.319. The molecule has 0 amide bonds. The first-order chi connectivity index (χ1) is 7.15. The minimum atomic E-state index is -0.319. The maximum absolute atomic E-state index is 9.12. The molecule has 3 nitrogen and oxygen atoms in total. The fraction of sp³-hybridized carbons (Fsp3) is 0.500. The second-order valence-corrected chi connectivity index (χ2v) is 3.75. The summed E-state index contributed by atoms with van der Waals surface area (Å²) in [4.78, 5) is 0. The van der Waals surface area contributed by atoms with Gasteiger partial charge in [-0.2, -0.15) is 0 Å². The highest BCUT2D eigenvalue weighted by Crippen LogP contribution is 2.22. The molecule has 0 heterocycles. The van der Waals surface area contributed by atoms with Crippen molar-refractivity contribution in [3.63, 3.8) is 0 Å². The van der Waals surface area contributed by atoms with Gasteiger partial charge in [-0.05, 0) is 19.4 Å². The molecule has 84 valence electrons. The van der Waals surface area contributed by atoms with Gasteiger partial charge in [0.15, 0.2) is 0 Å². The van der Waals surface area contributed by atoms with Gasteiger partial charge in [-0.1, -0.05) is 18.2 Å². The quantitative estimate of drug-likeness (QED) is 0.771. The van der Waals surface area contributed by atoms with Gasteiger partial charge in [-0.3, -0.25) is 0 Å². The Morgan fingerprint density at radius 3 is 2.80 bits per heavy atom. The van der Waals surface area contributed by atoms with Crippen LogP contribution < -0.4 is 10.1 Å². The molecule has 3 heteroatoms. The van der Waals surface area contributed by atoms with E-state index in [1.165, 1.54) is 0 Å². The Balaban J connectivity index is 2.64. The summed E-state index contributed by atoms with van der Waals surface area (Å²) in [6.07, 6.45) is -0.319. The van der Waals surface area contributed by atoms with Crippen molar-refractivity contribution < 1.29 is 9.84 Å². The average Bonchev–Trinajstić information content (AvgIpc) is 2.17. The van der Waals surface area contributed by atoms with Crippen molar-refractivity contribution in [2.24, 2.45) is 0 Å². The second-order valence-electron chi connectivity index (χ2n) is 3.75. The largest absolute Gasteiger partial charge is 0.496 e. The van der Waals surface area contributed by atoms with Gasteiger partial charge in [0.2, 0.25) is 0 Å². The molecule has 0 aromatic heterocycles. The van der Waals surface area contributed by atoms with E-state index in [1.54, 1.807) is 14.0 Å². The number of para-hydroxylation sites is 1. The third-order valence-electron chi connectivity index (χ3n) is 2.25. The van der Waals surface area contributed by atoms with Gasteiger partial charge >= 0.3 is 0 Å². The lowest BCUT2D eigenvalue weighted by Gasteiger charge is -2.12. The number of hydrogen-bond donors (Lipinski definition) is 2. The Labute approximate surface area is 91.1 Å². The van der Waals surface area contributed by atoms with Crippen molar-refractivity contribution in [2.75, 3.05) is 13.7 Å². The fourth-order valence-electron chi connectivity index (χ4n) is 1.56. The topological polar surface area (TPSA) is 41.5 Å². The van der Waals surface area contributed by atoms with E-state index in [4.69, 9.17) is 9.84 Å². The number of methoxy groups -OCH3 is 1. The van der Waals surface area contributed by atoms with E-state index >= 15 is 0 Å². The van der Waals surface area contributed by atoms with Crippen LogP contribution in [0.5, 0.6) is 5.75 Å². The molecule has 0 aliphatic rings. The first kappa shape index (κ1) is 12.0. The predicted molar refractivity (Wildman–Crippen MR) is 61.1 cm³/mol. The van der Waals surface area contributed by atoms with Gasteiger partial charge in [0.25, 0.3) is 0 Å². The maximum atomic E-state index is 9.12. The van der Waals surface area contributed by atoms with Crippen LogP contribution in [0.2, 0.25) is 0 Å². The fourth-order valence-corrected chi connectivity index (χ4v) is 1.56. The molecule has 1 atom stereocenters. The van der Waals surface area contributed by atoms with Crippen molar-refractivity contribution >= 4 is 0 Å². The number of nitrogens with one attached hydrogen (secondary N) is 1. The van der Waals surface area contributed by atoms with Gasteiger partial charge in [-0.25, -0.2) is 0 Å². The summed E-state index contributed by atoms with van der Waals surface area (Å²) in [5.74, 6) is 0.926. The Bertz CT molecular complexity index is 310. The molecule has 0 fully saturated rings. The average molecular weight is 209 g/mol. The summed E-state index contributed by atoms with van der Waals surface area (Å²) in [6.45, 7) is 5.10. The monoisotopic (exact) mass is 209 g/mol. The number of aliphatic hydroxyl groups is 1. The highest BCUT2D eigenvalue weighted by Gasteiger charge is 2.05. The molecule has 1 rings (SSSR count). The third-order valence-corrected chi connectivity index (χ3v) is 2.25. The van der Waals surface area contributed by atoms with Gasteiger partial charge < -0.3 is 15.2 Å². The summed E-state index contributed by atoms with van der Waals surface area (Å²) in [5.41, 5.74) is 2.26. The van der Waals surface area contributed by atoms with Crippen LogP contribution >= 0.6 is 0 Å². The molecular formula is C12H19NO2. The zero-order valence-corrected chi connectivity index (χ0v) is 9.58. The Kier molecular flexibility index (Phi) is 4.59. The van der Waals surface area contributed by atoms with Crippen LogP contribution in [-0.4, -0.2) is 24.9 Å². The molecule has 0 aliphatic heterocycles. The lowest BCUT2D eigenvalue weighted by atomic mass is 10.1. The minimum Gasteiger partial charge on any atom is -0.496 e. The van der Waals surface area contributed by atoms with E-state index in [0.717, 1.165) is 23.4 Å². The molecule has 1 aromatic carbocycles. The zero-order valence-electron chi connectivity index (χ0n) is 9.58. The van der Waals surface area contributed by atoms with Crippen LogP contribution in [0.25, 0.3) is 0 Å². The van der Waals surface area contributed by atoms with Gasteiger partial charge in [0.05, 0.1) is 13.2 Å². The molecule has 1 aromatic rings. The summed E-state index contributed by atoms with van der Waals surface area (Å²) < 4.78 is 5.33. The van der Waals surface area contributed by atoms with Crippen LogP contribution in [-0.2, 0) is 6.54 Å². The number of benzene rings is 1. The smallest absolute Gasteiger partial charge is 0.126 e. The molecule has 0 bridgehead atoms. The van der Waals surface area contributed by atoms with Crippen molar-refractivity contribution in [1.29, 1.82) is 0 Å². The molecule has 0 spiro atoms. The summed E-state index contributed by atoms with van der Waals surface area (Å²) in [7, 11) is 1.68. The normalized spacial score (nSPS) is 12.5. The van der Waals surface area contributed by atoms with Crippen molar-refractivity contribution in [3.05, 3.63) is 29.3 Å². The number of hydrogen-bond acceptors (Lipinski definition) is 3. The third kappa shape index (κ3) is 3.53. The Morgan fingerprint density at radius 2 is 2.20 bits per heavy atom. The van der Waals surface area contributed by atoms with Crippen molar-refractivity contribution in [1.82, 2.24) is 5.32 Å². The van der Waals surface area contributed by atoms with E-state index in [9.17, 15) is 0 Å². The summed E-state index contributed by atoms with van der Waals surface area (Å²) in [6, 6.07) is 6.06. The Morgan fingerprint density at radius 1 is 1.47 bits per heavy atom.